The number of hydrogen-bond donors (Lipinski definition) is 0. The molecule has 0 unspecified atom stereocenters. The summed E-state index contributed by atoms with van der Waals surface area (Å²) in [6.07, 6.45) is 0.442. The first-order chi connectivity index (χ1) is 6.36. The molecule has 0 aliphatic carbocycles. The fourth-order valence-electron chi connectivity index (χ4n) is 0.874. The molecule has 2 nitrogen and oxygen atoms in total. The molecular weight excluding hydrogens is 162 g/mol. The molecular formula is C11H15NO. The summed E-state index contributed by atoms with van der Waals surface area (Å²) in [6, 6.07) is 9.59. The van der Waals surface area contributed by atoms with Crippen molar-refractivity contribution >= 4 is 0 Å². The molecule has 0 saturated carbocycles. The third-order valence-corrected chi connectivity index (χ3v) is 1.42. The Kier molecular flexibility index (Phi) is 6.35. The lowest BCUT2D eigenvalue weighted by Gasteiger charge is -1.99. The summed E-state index contributed by atoms with van der Waals surface area (Å²) in [4.78, 5) is 0. The highest BCUT2D eigenvalue weighted by atomic mass is 16.5. The standard InChI is InChI=1S/C9H9NO.C2H6/c1-11-9-4-2-3-8(7-9)5-6-10;1-2/h2-4,7H,5H2,1H3;1-2H3. The van der Waals surface area contributed by atoms with E-state index in [0.717, 1.165) is 11.3 Å². The summed E-state index contributed by atoms with van der Waals surface area (Å²) in [5.74, 6) is 0.803. The van der Waals surface area contributed by atoms with Gasteiger partial charge in [-0.25, -0.2) is 0 Å². The minimum atomic E-state index is 0.442. The van der Waals surface area contributed by atoms with Crippen molar-refractivity contribution in [1.29, 1.82) is 5.26 Å². The van der Waals surface area contributed by atoms with Crippen molar-refractivity contribution in [3.8, 4) is 11.8 Å². The topological polar surface area (TPSA) is 33.0 Å². The van der Waals surface area contributed by atoms with Gasteiger partial charge in [0.25, 0.3) is 0 Å². The number of rotatable bonds is 2. The average molecular weight is 177 g/mol. The van der Waals surface area contributed by atoms with E-state index in [0.29, 0.717) is 6.42 Å². The van der Waals surface area contributed by atoms with E-state index in [9.17, 15) is 0 Å². The number of ether oxygens (including phenoxy) is 1. The van der Waals surface area contributed by atoms with Crippen LogP contribution in [0.4, 0.5) is 0 Å². The summed E-state index contributed by atoms with van der Waals surface area (Å²) in [5, 5.41) is 8.39. The van der Waals surface area contributed by atoms with Crippen LogP contribution in [0, 0.1) is 11.3 Å². The zero-order valence-corrected chi connectivity index (χ0v) is 8.37. The molecule has 0 spiro atoms. The van der Waals surface area contributed by atoms with Crippen LogP contribution >= 0.6 is 0 Å². The second-order valence-corrected chi connectivity index (χ2v) is 2.19. The van der Waals surface area contributed by atoms with E-state index in [2.05, 4.69) is 6.07 Å². The van der Waals surface area contributed by atoms with Crippen LogP contribution in [0.25, 0.3) is 0 Å². The largest absolute Gasteiger partial charge is 0.497 e. The number of methoxy groups -OCH3 is 1. The van der Waals surface area contributed by atoms with E-state index in [1.54, 1.807) is 7.11 Å². The van der Waals surface area contributed by atoms with Crippen molar-refractivity contribution in [3.05, 3.63) is 29.8 Å². The van der Waals surface area contributed by atoms with E-state index in [1.165, 1.54) is 0 Å². The maximum absolute atomic E-state index is 8.39. The van der Waals surface area contributed by atoms with Crippen molar-refractivity contribution in [2.24, 2.45) is 0 Å². The Balaban J connectivity index is 0.000000671. The molecule has 70 valence electrons. The van der Waals surface area contributed by atoms with Crippen molar-refractivity contribution in [3.63, 3.8) is 0 Å². The molecule has 1 aromatic rings. The van der Waals surface area contributed by atoms with Crippen molar-refractivity contribution in [2.75, 3.05) is 7.11 Å². The third-order valence-electron chi connectivity index (χ3n) is 1.42. The van der Waals surface area contributed by atoms with Gasteiger partial charge in [-0.2, -0.15) is 5.26 Å². The quantitative estimate of drug-likeness (QED) is 0.695. The molecule has 0 N–H and O–H groups in total. The average Bonchev–Trinajstić information content (AvgIpc) is 2.22. The molecule has 0 bridgehead atoms. The van der Waals surface area contributed by atoms with Gasteiger partial charge in [0.2, 0.25) is 0 Å². The number of nitrogens with zero attached hydrogens (tertiary/aromatic N) is 1. The first-order valence-electron chi connectivity index (χ1n) is 4.36. The molecule has 0 aliphatic rings. The fourth-order valence-corrected chi connectivity index (χ4v) is 0.874. The van der Waals surface area contributed by atoms with E-state index in [-0.39, 0.29) is 0 Å². The van der Waals surface area contributed by atoms with Gasteiger partial charge in [0, 0.05) is 0 Å². The fraction of sp³-hybridized carbons (Fsp3) is 0.364. The highest BCUT2D eigenvalue weighted by Crippen LogP contribution is 2.12. The molecule has 2 heteroatoms. The van der Waals surface area contributed by atoms with Crippen LogP contribution in [0.5, 0.6) is 5.75 Å². The van der Waals surface area contributed by atoms with Crippen LogP contribution in [0.2, 0.25) is 0 Å². The predicted octanol–water partition coefficient (Wildman–Crippen LogP) is 2.79. The summed E-state index contributed by atoms with van der Waals surface area (Å²) in [5.41, 5.74) is 0.992. The maximum atomic E-state index is 8.39. The highest BCUT2D eigenvalue weighted by Gasteiger charge is 1.92. The summed E-state index contributed by atoms with van der Waals surface area (Å²) in [6.45, 7) is 4.00. The number of benzene rings is 1. The minimum absolute atomic E-state index is 0.442. The second-order valence-electron chi connectivity index (χ2n) is 2.19. The Hall–Kier alpha value is -1.49. The summed E-state index contributed by atoms with van der Waals surface area (Å²) in [7, 11) is 1.62. The van der Waals surface area contributed by atoms with Crippen LogP contribution in [0.3, 0.4) is 0 Å². The molecule has 0 radical (unpaired) electrons. The molecule has 0 amide bonds. The van der Waals surface area contributed by atoms with Crippen LogP contribution < -0.4 is 4.74 Å². The molecule has 13 heavy (non-hydrogen) atoms. The van der Waals surface area contributed by atoms with Crippen molar-refractivity contribution in [1.82, 2.24) is 0 Å². The highest BCUT2D eigenvalue weighted by molar-refractivity contribution is 5.29. The molecule has 1 aromatic carbocycles. The minimum Gasteiger partial charge on any atom is -0.497 e. The van der Waals surface area contributed by atoms with Gasteiger partial charge in [0.15, 0.2) is 0 Å². The van der Waals surface area contributed by atoms with Gasteiger partial charge in [-0.15, -0.1) is 0 Å². The Bertz CT molecular complexity index is 276. The van der Waals surface area contributed by atoms with Crippen LogP contribution in [0.15, 0.2) is 24.3 Å². The lowest BCUT2D eigenvalue weighted by molar-refractivity contribution is 0.414. The van der Waals surface area contributed by atoms with Crippen LogP contribution in [-0.4, -0.2) is 7.11 Å². The van der Waals surface area contributed by atoms with E-state index in [4.69, 9.17) is 10.00 Å². The Morgan fingerprint density at radius 1 is 1.38 bits per heavy atom. The molecule has 0 heterocycles. The first kappa shape index (κ1) is 11.5. The lowest BCUT2D eigenvalue weighted by atomic mass is 10.2. The zero-order chi connectivity index (χ0) is 10.1. The van der Waals surface area contributed by atoms with Gasteiger partial charge < -0.3 is 4.74 Å². The first-order valence-corrected chi connectivity index (χ1v) is 4.36. The van der Waals surface area contributed by atoms with E-state index in [1.807, 2.05) is 38.1 Å². The second kappa shape index (κ2) is 7.17. The Morgan fingerprint density at radius 3 is 2.62 bits per heavy atom. The van der Waals surface area contributed by atoms with Gasteiger partial charge in [-0.1, -0.05) is 26.0 Å². The maximum Gasteiger partial charge on any atom is 0.119 e. The van der Waals surface area contributed by atoms with Gasteiger partial charge in [-0.3, -0.25) is 0 Å². The molecule has 0 fully saturated rings. The number of nitriles is 1. The summed E-state index contributed by atoms with van der Waals surface area (Å²) >= 11 is 0. The molecule has 0 atom stereocenters. The van der Waals surface area contributed by atoms with E-state index >= 15 is 0 Å². The molecule has 0 saturated heterocycles. The predicted molar refractivity (Wildman–Crippen MR) is 53.7 cm³/mol. The Morgan fingerprint density at radius 2 is 2.08 bits per heavy atom. The monoisotopic (exact) mass is 177 g/mol. The van der Waals surface area contributed by atoms with Crippen LogP contribution in [-0.2, 0) is 6.42 Å². The lowest BCUT2D eigenvalue weighted by Crippen LogP contribution is -1.85. The van der Waals surface area contributed by atoms with Crippen molar-refractivity contribution < 1.29 is 4.74 Å². The van der Waals surface area contributed by atoms with E-state index < -0.39 is 0 Å². The van der Waals surface area contributed by atoms with Crippen LogP contribution in [0.1, 0.15) is 19.4 Å². The molecule has 0 aliphatic heterocycles. The SMILES string of the molecule is CC.COc1cccc(CC#N)c1. The zero-order valence-electron chi connectivity index (χ0n) is 8.37. The van der Waals surface area contributed by atoms with Gasteiger partial charge in [0.1, 0.15) is 5.75 Å². The number of hydrogen-bond acceptors (Lipinski definition) is 2. The summed E-state index contributed by atoms with van der Waals surface area (Å²) < 4.78 is 4.99. The Labute approximate surface area is 79.8 Å². The van der Waals surface area contributed by atoms with Gasteiger partial charge >= 0.3 is 0 Å². The van der Waals surface area contributed by atoms with Gasteiger partial charge in [0.05, 0.1) is 19.6 Å². The van der Waals surface area contributed by atoms with Gasteiger partial charge in [-0.05, 0) is 17.7 Å². The van der Waals surface area contributed by atoms with Crippen molar-refractivity contribution in [2.45, 2.75) is 20.3 Å². The third kappa shape index (κ3) is 4.17. The molecule has 0 aromatic heterocycles. The normalized spacial score (nSPS) is 7.85. The smallest absolute Gasteiger partial charge is 0.119 e. The molecule has 1 rings (SSSR count).